The van der Waals surface area contributed by atoms with Crippen LogP contribution in [-0.4, -0.2) is 25.3 Å². The van der Waals surface area contributed by atoms with Crippen molar-refractivity contribution in [2.45, 2.75) is 51.5 Å². The van der Waals surface area contributed by atoms with Crippen molar-refractivity contribution in [2.75, 3.05) is 13.2 Å². The van der Waals surface area contributed by atoms with Crippen LogP contribution >= 0.6 is 0 Å². The Kier molecular flexibility index (Phi) is 6.78. The van der Waals surface area contributed by atoms with Crippen molar-refractivity contribution < 1.29 is 18.7 Å². The number of amides is 1. The fourth-order valence-electron chi connectivity index (χ4n) is 3.95. The Hall–Kier alpha value is -2.56. The zero-order valence-corrected chi connectivity index (χ0v) is 17.4. The number of nitrogens with one attached hydrogen (secondary N) is 1. The number of halogens is 1. The highest BCUT2D eigenvalue weighted by Crippen LogP contribution is 2.33. The molecule has 0 radical (unpaired) electrons. The van der Waals surface area contributed by atoms with Crippen molar-refractivity contribution in [3.63, 3.8) is 0 Å². The lowest BCUT2D eigenvalue weighted by Gasteiger charge is -2.26. The van der Waals surface area contributed by atoms with Crippen LogP contribution in [-0.2, 0) is 10.2 Å². The average Bonchev–Trinajstić information content (AvgIpc) is 3.14. The summed E-state index contributed by atoms with van der Waals surface area (Å²) < 4.78 is 24.2. The normalized spacial score (nSPS) is 19.0. The summed E-state index contributed by atoms with van der Waals surface area (Å²) in [5.74, 6) is 0.871. The maximum atomic E-state index is 13.2. The van der Waals surface area contributed by atoms with E-state index in [4.69, 9.17) is 9.47 Å². The van der Waals surface area contributed by atoms with E-state index in [1.807, 2.05) is 24.3 Å². The largest absolute Gasteiger partial charge is 0.493 e. The first-order valence-corrected chi connectivity index (χ1v) is 10.3. The van der Waals surface area contributed by atoms with Crippen LogP contribution in [0.4, 0.5) is 9.18 Å². The monoisotopic (exact) mass is 399 g/mol. The first-order chi connectivity index (χ1) is 13.9. The van der Waals surface area contributed by atoms with Crippen LogP contribution in [0.15, 0.2) is 48.5 Å². The molecule has 5 heteroatoms. The third-order valence-electron chi connectivity index (χ3n) is 5.84. The van der Waals surface area contributed by atoms with Crippen LogP contribution in [0.5, 0.6) is 5.75 Å². The van der Waals surface area contributed by atoms with Gasteiger partial charge < -0.3 is 14.8 Å². The maximum Gasteiger partial charge on any atom is 0.407 e. The molecule has 2 aromatic rings. The maximum absolute atomic E-state index is 13.2. The molecule has 156 valence electrons. The molecule has 1 saturated carbocycles. The van der Waals surface area contributed by atoms with Crippen LogP contribution < -0.4 is 10.1 Å². The zero-order valence-electron chi connectivity index (χ0n) is 17.4. The minimum Gasteiger partial charge on any atom is -0.493 e. The lowest BCUT2D eigenvalue weighted by molar-refractivity contribution is 0.141. The highest BCUT2D eigenvalue weighted by atomic mass is 19.1. The number of benzene rings is 2. The molecule has 1 aliphatic rings. The Morgan fingerprint density at radius 3 is 2.31 bits per heavy atom. The molecular weight excluding hydrogens is 369 g/mol. The van der Waals surface area contributed by atoms with Crippen LogP contribution in [0.3, 0.4) is 0 Å². The van der Waals surface area contributed by atoms with Crippen molar-refractivity contribution in [1.82, 2.24) is 5.32 Å². The van der Waals surface area contributed by atoms with Gasteiger partial charge in [-0.1, -0.05) is 44.5 Å². The number of ether oxygens (including phenoxy) is 2. The fourth-order valence-corrected chi connectivity index (χ4v) is 3.95. The van der Waals surface area contributed by atoms with Gasteiger partial charge in [-0.3, -0.25) is 0 Å². The predicted molar refractivity (Wildman–Crippen MR) is 112 cm³/mol. The molecule has 0 heterocycles. The third kappa shape index (κ3) is 5.28. The van der Waals surface area contributed by atoms with Gasteiger partial charge in [0.1, 0.15) is 11.6 Å². The van der Waals surface area contributed by atoms with Gasteiger partial charge in [-0.25, -0.2) is 9.18 Å². The number of hydrogen-bond acceptors (Lipinski definition) is 3. The highest BCUT2D eigenvalue weighted by molar-refractivity contribution is 5.67. The van der Waals surface area contributed by atoms with Gasteiger partial charge in [-0.05, 0) is 55.2 Å². The molecule has 1 amide bonds. The van der Waals surface area contributed by atoms with Crippen LogP contribution in [0.1, 0.15) is 51.2 Å². The standard InChI is InChI=1S/C24H30FNO3/c1-4-28-23(27)26-22-7-5-6-17(22)16-29-21-14-10-19(11-15-21)24(2,3)18-8-12-20(25)13-9-18/h8-15,17,22H,4-7,16H2,1-3H3,(H,26,27)/t17-,22-/m1/s1. The molecule has 4 nitrogen and oxygen atoms in total. The lowest BCUT2D eigenvalue weighted by atomic mass is 9.78. The molecule has 3 rings (SSSR count). The lowest BCUT2D eigenvalue weighted by Crippen LogP contribution is -2.39. The molecule has 0 aromatic heterocycles. The second-order valence-electron chi connectivity index (χ2n) is 8.13. The number of carbonyl (C=O) groups is 1. The zero-order chi connectivity index (χ0) is 20.9. The highest BCUT2D eigenvalue weighted by Gasteiger charge is 2.29. The summed E-state index contributed by atoms with van der Waals surface area (Å²) in [6.07, 6.45) is 2.72. The molecule has 1 aliphatic carbocycles. The number of hydrogen-bond donors (Lipinski definition) is 1. The molecule has 0 spiro atoms. The van der Waals surface area contributed by atoms with Gasteiger partial charge >= 0.3 is 6.09 Å². The van der Waals surface area contributed by atoms with E-state index in [9.17, 15) is 9.18 Å². The number of carbonyl (C=O) groups excluding carboxylic acids is 1. The first kappa shape index (κ1) is 21.2. The Balaban J connectivity index is 1.59. The van der Waals surface area contributed by atoms with E-state index in [0.717, 1.165) is 36.1 Å². The Morgan fingerprint density at radius 2 is 1.69 bits per heavy atom. The van der Waals surface area contributed by atoms with Gasteiger partial charge in [0.15, 0.2) is 0 Å². The molecule has 0 unspecified atom stereocenters. The topological polar surface area (TPSA) is 47.6 Å². The van der Waals surface area contributed by atoms with Gasteiger partial charge in [0.2, 0.25) is 0 Å². The van der Waals surface area contributed by atoms with Crippen molar-refractivity contribution >= 4 is 6.09 Å². The smallest absolute Gasteiger partial charge is 0.407 e. The van der Waals surface area contributed by atoms with Crippen LogP contribution in [0.2, 0.25) is 0 Å². The van der Waals surface area contributed by atoms with Crippen molar-refractivity contribution in [3.8, 4) is 5.75 Å². The summed E-state index contributed by atoms with van der Waals surface area (Å²) in [6.45, 7) is 6.99. The summed E-state index contributed by atoms with van der Waals surface area (Å²) in [5.41, 5.74) is 1.97. The van der Waals surface area contributed by atoms with Crippen LogP contribution in [0, 0.1) is 11.7 Å². The Labute approximate surface area is 172 Å². The molecule has 1 fully saturated rings. The first-order valence-electron chi connectivity index (χ1n) is 10.3. The molecule has 0 bridgehead atoms. The second kappa shape index (κ2) is 9.29. The van der Waals surface area contributed by atoms with Gasteiger partial charge in [0.05, 0.1) is 13.2 Å². The molecular formula is C24H30FNO3. The SMILES string of the molecule is CCOC(=O)N[C@@H]1CCC[C@@H]1COc1ccc(C(C)(C)c2ccc(F)cc2)cc1. The van der Waals surface area contributed by atoms with E-state index in [0.29, 0.717) is 13.2 Å². The molecule has 2 atom stereocenters. The summed E-state index contributed by atoms with van der Waals surface area (Å²) in [4.78, 5) is 11.7. The molecule has 1 N–H and O–H groups in total. The van der Waals surface area contributed by atoms with Gasteiger partial charge in [-0.2, -0.15) is 0 Å². The van der Waals surface area contributed by atoms with Gasteiger partial charge in [0.25, 0.3) is 0 Å². The Bertz CT molecular complexity index is 802. The minimum absolute atomic E-state index is 0.103. The summed E-state index contributed by atoms with van der Waals surface area (Å²) in [5, 5.41) is 2.95. The third-order valence-corrected chi connectivity index (χ3v) is 5.84. The van der Waals surface area contributed by atoms with Crippen molar-refractivity contribution in [2.24, 2.45) is 5.92 Å². The second-order valence-corrected chi connectivity index (χ2v) is 8.13. The fraction of sp³-hybridized carbons (Fsp3) is 0.458. The van der Waals surface area contributed by atoms with E-state index < -0.39 is 0 Å². The van der Waals surface area contributed by atoms with E-state index in [2.05, 4.69) is 31.3 Å². The predicted octanol–water partition coefficient (Wildman–Crippen LogP) is 5.45. The minimum atomic E-state index is -0.350. The molecule has 2 aromatic carbocycles. The molecule has 29 heavy (non-hydrogen) atoms. The van der Waals surface area contributed by atoms with Gasteiger partial charge in [-0.15, -0.1) is 0 Å². The van der Waals surface area contributed by atoms with E-state index in [-0.39, 0.29) is 29.3 Å². The average molecular weight is 400 g/mol. The summed E-state index contributed by atoms with van der Waals surface area (Å²) in [6, 6.07) is 14.8. The Morgan fingerprint density at radius 1 is 1.07 bits per heavy atom. The molecule has 0 aliphatic heterocycles. The molecule has 0 saturated heterocycles. The van der Waals surface area contributed by atoms with Crippen LogP contribution in [0.25, 0.3) is 0 Å². The van der Waals surface area contributed by atoms with Crippen molar-refractivity contribution in [1.29, 1.82) is 0 Å². The number of alkyl carbamates (subject to hydrolysis) is 1. The van der Waals surface area contributed by atoms with Gasteiger partial charge in [0, 0.05) is 17.4 Å². The quantitative estimate of drug-likeness (QED) is 0.674. The van der Waals surface area contributed by atoms with E-state index in [1.54, 1.807) is 6.92 Å². The van der Waals surface area contributed by atoms with E-state index in [1.165, 1.54) is 12.1 Å². The summed E-state index contributed by atoms with van der Waals surface area (Å²) >= 11 is 0. The number of rotatable bonds is 7. The van der Waals surface area contributed by atoms with E-state index >= 15 is 0 Å². The van der Waals surface area contributed by atoms with Crippen molar-refractivity contribution in [3.05, 3.63) is 65.5 Å². The summed E-state index contributed by atoms with van der Waals surface area (Å²) in [7, 11) is 0.